The highest BCUT2D eigenvalue weighted by atomic mass is 31.2. The summed E-state index contributed by atoms with van der Waals surface area (Å²) in [6.45, 7) is 2.17. The number of aliphatic hydroxyl groups is 2. The molecule has 46 heavy (non-hydrogen) atoms. The van der Waals surface area contributed by atoms with Gasteiger partial charge in [-0.2, -0.15) is 0 Å². The summed E-state index contributed by atoms with van der Waals surface area (Å²) in [5, 5.41) is 18.2. The lowest BCUT2D eigenvalue weighted by Gasteiger charge is -2.20. The van der Waals surface area contributed by atoms with Crippen molar-refractivity contribution >= 4 is 19.8 Å². The SMILES string of the molecule is CC/C=C/C/C=C/C/C=C/CCCCCCCC(=O)OC[C@@H](COP(=O)(O)OC[C@H](O)CO)OC(=O)CCCCCCCCCC. The van der Waals surface area contributed by atoms with Crippen LogP contribution in [-0.4, -0.2) is 65.7 Å². The van der Waals surface area contributed by atoms with Gasteiger partial charge in [0.1, 0.15) is 12.7 Å². The first-order valence-electron chi connectivity index (χ1n) is 17.4. The van der Waals surface area contributed by atoms with Gasteiger partial charge in [0.05, 0.1) is 19.8 Å². The fourth-order valence-corrected chi connectivity index (χ4v) is 5.15. The third-order valence-corrected chi connectivity index (χ3v) is 8.01. The van der Waals surface area contributed by atoms with Gasteiger partial charge in [-0.3, -0.25) is 18.6 Å². The zero-order chi connectivity index (χ0) is 34.1. The van der Waals surface area contributed by atoms with Crippen molar-refractivity contribution in [1.29, 1.82) is 0 Å². The second-order valence-corrected chi connectivity index (χ2v) is 13.0. The van der Waals surface area contributed by atoms with Crippen molar-refractivity contribution in [2.75, 3.05) is 26.4 Å². The molecule has 0 fully saturated rings. The highest BCUT2D eigenvalue weighted by molar-refractivity contribution is 7.47. The van der Waals surface area contributed by atoms with Crippen LogP contribution < -0.4 is 0 Å². The van der Waals surface area contributed by atoms with Crippen LogP contribution in [0.5, 0.6) is 0 Å². The zero-order valence-electron chi connectivity index (χ0n) is 28.5. The number of aliphatic hydroxyl groups excluding tert-OH is 2. The van der Waals surface area contributed by atoms with Crippen molar-refractivity contribution in [2.45, 2.75) is 148 Å². The molecular formula is C35H63O10P. The number of carbonyl (C=O) groups excluding carboxylic acids is 2. The molecule has 0 aliphatic heterocycles. The predicted octanol–water partition coefficient (Wildman–Crippen LogP) is 8.05. The van der Waals surface area contributed by atoms with Gasteiger partial charge in [0.25, 0.3) is 0 Å². The second-order valence-electron chi connectivity index (χ2n) is 11.5. The number of phosphoric acid groups is 1. The van der Waals surface area contributed by atoms with Crippen LogP contribution in [0.25, 0.3) is 0 Å². The summed E-state index contributed by atoms with van der Waals surface area (Å²) in [7, 11) is -4.60. The number of ether oxygens (including phenoxy) is 2. The number of hydrogen-bond acceptors (Lipinski definition) is 9. The van der Waals surface area contributed by atoms with E-state index in [-0.39, 0.29) is 19.4 Å². The maximum atomic E-state index is 12.4. The molecule has 0 spiro atoms. The van der Waals surface area contributed by atoms with E-state index in [0.717, 1.165) is 70.6 Å². The van der Waals surface area contributed by atoms with E-state index in [1.54, 1.807) is 0 Å². The van der Waals surface area contributed by atoms with Gasteiger partial charge in [0, 0.05) is 12.8 Å². The van der Waals surface area contributed by atoms with Crippen LogP contribution in [0.4, 0.5) is 0 Å². The van der Waals surface area contributed by atoms with Crippen LogP contribution in [-0.2, 0) is 32.7 Å². The number of carbonyl (C=O) groups is 2. The minimum Gasteiger partial charge on any atom is -0.462 e. The lowest BCUT2D eigenvalue weighted by molar-refractivity contribution is -0.161. The Labute approximate surface area is 278 Å². The molecule has 0 saturated carbocycles. The van der Waals surface area contributed by atoms with Crippen molar-refractivity contribution < 1.29 is 47.8 Å². The summed E-state index contributed by atoms with van der Waals surface area (Å²) < 4.78 is 32.4. The van der Waals surface area contributed by atoms with Gasteiger partial charge in [-0.1, -0.05) is 115 Å². The molecule has 268 valence electrons. The van der Waals surface area contributed by atoms with Crippen LogP contribution in [0, 0.1) is 0 Å². The van der Waals surface area contributed by atoms with E-state index in [0.29, 0.717) is 12.8 Å². The Hall–Kier alpha value is -1.81. The molecule has 1 unspecified atom stereocenters. The quantitative estimate of drug-likeness (QED) is 0.0277. The number of unbranched alkanes of at least 4 members (excludes halogenated alkanes) is 12. The Morgan fingerprint density at radius 3 is 1.80 bits per heavy atom. The molecule has 0 aliphatic carbocycles. The molecule has 0 amide bonds. The molecule has 0 heterocycles. The van der Waals surface area contributed by atoms with Crippen LogP contribution in [0.2, 0.25) is 0 Å². The van der Waals surface area contributed by atoms with Crippen molar-refractivity contribution in [3.63, 3.8) is 0 Å². The second kappa shape index (κ2) is 31.8. The zero-order valence-corrected chi connectivity index (χ0v) is 29.4. The fraction of sp³-hybridized carbons (Fsp3) is 0.771. The topological polar surface area (TPSA) is 149 Å². The van der Waals surface area contributed by atoms with E-state index in [9.17, 15) is 24.2 Å². The third-order valence-electron chi connectivity index (χ3n) is 7.06. The molecule has 0 aromatic heterocycles. The molecule has 3 N–H and O–H groups in total. The number of hydrogen-bond donors (Lipinski definition) is 3. The van der Waals surface area contributed by atoms with E-state index in [1.807, 2.05) is 0 Å². The molecular weight excluding hydrogens is 611 g/mol. The first-order chi connectivity index (χ1) is 22.2. The normalized spacial score (nSPS) is 14.6. The summed E-state index contributed by atoms with van der Waals surface area (Å²) in [6.07, 6.45) is 28.5. The van der Waals surface area contributed by atoms with Gasteiger partial charge < -0.3 is 24.6 Å². The maximum absolute atomic E-state index is 12.4. The summed E-state index contributed by atoms with van der Waals surface area (Å²) in [4.78, 5) is 34.6. The van der Waals surface area contributed by atoms with E-state index in [1.165, 1.54) is 25.7 Å². The summed E-state index contributed by atoms with van der Waals surface area (Å²) in [6, 6.07) is 0. The van der Waals surface area contributed by atoms with Crippen molar-refractivity contribution in [1.82, 2.24) is 0 Å². The molecule has 0 aromatic rings. The fourth-order valence-electron chi connectivity index (χ4n) is 4.36. The molecule has 0 aliphatic rings. The first-order valence-corrected chi connectivity index (χ1v) is 18.9. The first kappa shape index (κ1) is 44.2. The van der Waals surface area contributed by atoms with Crippen LogP contribution in [0.1, 0.15) is 136 Å². The van der Waals surface area contributed by atoms with E-state index < -0.39 is 51.8 Å². The molecule has 0 radical (unpaired) electrons. The Kier molecular flexibility index (Phi) is 30.5. The van der Waals surface area contributed by atoms with Crippen molar-refractivity contribution in [2.24, 2.45) is 0 Å². The largest absolute Gasteiger partial charge is 0.472 e. The van der Waals surface area contributed by atoms with Gasteiger partial charge in [-0.25, -0.2) is 4.57 Å². The highest BCUT2D eigenvalue weighted by Crippen LogP contribution is 2.43. The van der Waals surface area contributed by atoms with Gasteiger partial charge in [-0.05, 0) is 44.9 Å². The number of rotatable bonds is 32. The third kappa shape index (κ3) is 30.8. The Bertz CT molecular complexity index is 873. The maximum Gasteiger partial charge on any atom is 0.472 e. The van der Waals surface area contributed by atoms with Crippen molar-refractivity contribution in [3.05, 3.63) is 36.5 Å². The Morgan fingerprint density at radius 2 is 1.20 bits per heavy atom. The number of allylic oxidation sites excluding steroid dienone is 6. The molecule has 0 saturated heterocycles. The van der Waals surface area contributed by atoms with E-state index in [2.05, 4.69) is 54.8 Å². The molecule has 11 heteroatoms. The van der Waals surface area contributed by atoms with Gasteiger partial charge in [0.2, 0.25) is 0 Å². The lowest BCUT2D eigenvalue weighted by Crippen LogP contribution is -2.29. The summed E-state index contributed by atoms with van der Waals surface area (Å²) >= 11 is 0. The molecule has 0 aromatic carbocycles. The Morgan fingerprint density at radius 1 is 0.674 bits per heavy atom. The Balaban J connectivity index is 4.39. The van der Waals surface area contributed by atoms with Crippen molar-refractivity contribution in [3.8, 4) is 0 Å². The lowest BCUT2D eigenvalue weighted by atomic mass is 10.1. The standard InChI is InChI=1S/C35H63O10P/c1-3-5-7-9-11-13-14-15-16-17-18-19-21-22-24-26-34(38)42-30-33(31-44-46(40,41)43-29-32(37)28-36)45-35(39)27-25-23-20-12-10-8-6-4-2/h5,7,11,13,15-16,32-33,36-37H,3-4,6,8-10,12,14,17-31H2,1-2H3,(H,40,41)/b7-5+,13-11+,16-15+/t32-,33+/m1/s1. The molecule has 0 bridgehead atoms. The number of phosphoric ester groups is 1. The average Bonchev–Trinajstić information content (AvgIpc) is 3.04. The average molecular weight is 675 g/mol. The van der Waals surface area contributed by atoms with Gasteiger partial charge in [0.15, 0.2) is 6.10 Å². The van der Waals surface area contributed by atoms with E-state index >= 15 is 0 Å². The van der Waals surface area contributed by atoms with Gasteiger partial charge in [-0.15, -0.1) is 0 Å². The minimum atomic E-state index is -4.60. The highest BCUT2D eigenvalue weighted by Gasteiger charge is 2.27. The minimum absolute atomic E-state index is 0.180. The summed E-state index contributed by atoms with van der Waals surface area (Å²) in [5.41, 5.74) is 0. The molecule has 0 rings (SSSR count). The van der Waals surface area contributed by atoms with Crippen LogP contribution in [0.15, 0.2) is 36.5 Å². The number of esters is 2. The molecule has 10 nitrogen and oxygen atoms in total. The summed E-state index contributed by atoms with van der Waals surface area (Å²) in [5.74, 6) is -0.953. The smallest absolute Gasteiger partial charge is 0.462 e. The van der Waals surface area contributed by atoms with E-state index in [4.69, 9.17) is 19.1 Å². The van der Waals surface area contributed by atoms with Gasteiger partial charge >= 0.3 is 19.8 Å². The van der Waals surface area contributed by atoms with Crippen LogP contribution in [0.3, 0.4) is 0 Å². The molecule has 3 atom stereocenters. The monoisotopic (exact) mass is 674 g/mol. The van der Waals surface area contributed by atoms with Crippen LogP contribution >= 0.6 is 7.82 Å². The predicted molar refractivity (Wildman–Crippen MR) is 182 cm³/mol.